The van der Waals surface area contributed by atoms with Crippen LogP contribution in [0.1, 0.15) is 18.4 Å². The molecule has 1 amide bonds. The van der Waals surface area contributed by atoms with E-state index in [0.29, 0.717) is 12.2 Å². The predicted molar refractivity (Wildman–Crippen MR) is 87.5 cm³/mol. The van der Waals surface area contributed by atoms with Crippen LogP contribution in [0.3, 0.4) is 0 Å². The van der Waals surface area contributed by atoms with E-state index in [1.54, 1.807) is 7.11 Å². The molecule has 0 aliphatic carbocycles. The summed E-state index contributed by atoms with van der Waals surface area (Å²) in [6, 6.07) is 5.82. The van der Waals surface area contributed by atoms with E-state index in [-0.39, 0.29) is 24.4 Å². The Morgan fingerprint density at radius 3 is 2.77 bits per heavy atom. The molecule has 120 valence electrons. The maximum Gasteiger partial charge on any atom is 0.253 e. The minimum absolute atomic E-state index is 0. The van der Waals surface area contributed by atoms with Gasteiger partial charge in [0.15, 0.2) is 0 Å². The fourth-order valence-electron chi connectivity index (χ4n) is 2.71. The summed E-state index contributed by atoms with van der Waals surface area (Å²) in [4.78, 5) is 14.4. The second-order valence-corrected chi connectivity index (χ2v) is 5.49. The summed E-state index contributed by atoms with van der Waals surface area (Å²) in [6.45, 7) is 1.77. The van der Waals surface area contributed by atoms with Crippen LogP contribution in [0.5, 0.6) is 11.5 Å². The number of nitrogens with two attached hydrogens (primary N) is 1. The zero-order valence-electron chi connectivity index (χ0n) is 12.6. The molecule has 0 atom stereocenters. The molecule has 1 fully saturated rings. The molecule has 0 aromatic heterocycles. The number of hydrogen-bond acceptors (Lipinski definition) is 4. The molecule has 2 N–H and O–H groups in total. The molecule has 2 aliphatic heterocycles. The molecule has 0 radical (unpaired) electrons. The van der Waals surface area contributed by atoms with Crippen molar-refractivity contribution in [3.63, 3.8) is 0 Å². The van der Waals surface area contributed by atoms with Crippen LogP contribution in [0.25, 0.3) is 6.08 Å². The molecule has 1 aromatic carbocycles. The van der Waals surface area contributed by atoms with Crippen LogP contribution in [0.4, 0.5) is 0 Å². The molecule has 5 nitrogen and oxygen atoms in total. The molecule has 1 saturated heterocycles. The second kappa shape index (κ2) is 7.03. The molecule has 0 spiro atoms. The van der Waals surface area contributed by atoms with Gasteiger partial charge in [0.05, 0.1) is 12.7 Å². The van der Waals surface area contributed by atoms with E-state index in [0.717, 1.165) is 43.0 Å². The number of benzene rings is 1. The second-order valence-electron chi connectivity index (χ2n) is 5.49. The van der Waals surface area contributed by atoms with Gasteiger partial charge in [-0.3, -0.25) is 4.79 Å². The molecule has 3 rings (SSSR count). The number of carbonyl (C=O) groups excluding carboxylic acids is 1. The Morgan fingerprint density at radius 2 is 2.09 bits per heavy atom. The van der Waals surface area contributed by atoms with Crippen LogP contribution in [-0.2, 0) is 4.79 Å². The average molecular weight is 325 g/mol. The smallest absolute Gasteiger partial charge is 0.253 e. The number of likely N-dealkylation sites (tertiary alicyclic amines) is 1. The topological polar surface area (TPSA) is 64.8 Å². The van der Waals surface area contributed by atoms with Crippen molar-refractivity contribution in [2.45, 2.75) is 18.9 Å². The lowest BCUT2D eigenvalue weighted by Gasteiger charge is -2.31. The van der Waals surface area contributed by atoms with E-state index in [1.807, 2.05) is 29.2 Å². The van der Waals surface area contributed by atoms with Gasteiger partial charge in [-0.1, -0.05) is 0 Å². The number of nitrogens with zero attached hydrogens (tertiary/aromatic N) is 1. The number of halogens is 1. The Balaban J connectivity index is 0.00000176. The molecule has 0 unspecified atom stereocenters. The summed E-state index contributed by atoms with van der Waals surface area (Å²) < 4.78 is 10.9. The highest BCUT2D eigenvalue weighted by molar-refractivity contribution is 5.99. The Hall–Kier alpha value is -1.72. The maximum atomic E-state index is 12.5. The first-order chi connectivity index (χ1) is 10.2. The average Bonchev–Trinajstić information content (AvgIpc) is 2.53. The van der Waals surface area contributed by atoms with Crippen molar-refractivity contribution in [1.29, 1.82) is 0 Å². The number of piperidine rings is 1. The van der Waals surface area contributed by atoms with Crippen molar-refractivity contribution in [3.8, 4) is 11.5 Å². The zero-order valence-corrected chi connectivity index (χ0v) is 13.4. The van der Waals surface area contributed by atoms with E-state index >= 15 is 0 Å². The number of ether oxygens (including phenoxy) is 2. The van der Waals surface area contributed by atoms with Gasteiger partial charge in [-0.25, -0.2) is 0 Å². The van der Waals surface area contributed by atoms with Crippen molar-refractivity contribution in [2.75, 3.05) is 26.8 Å². The fraction of sp³-hybridized carbons (Fsp3) is 0.438. The van der Waals surface area contributed by atoms with Gasteiger partial charge in [0.1, 0.15) is 18.1 Å². The maximum absolute atomic E-state index is 12.5. The third-order valence-electron chi connectivity index (χ3n) is 4.03. The first-order valence-electron chi connectivity index (χ1n) is 7.23. The highest BCUT2D eigenvalue weighted by Crippen LogP contribution is 2.30. The Morgan fingerprint density at radius 1 is 1.36 bits per heavy atom. The van der Waals surface area contributed by atoms with Gasteiger partial charge in [0.25, 0.3) is 5.91 Å². The summed E-state index contributed by atoms with van der Waals surface area (Å²) in [6.07, 6.45) is 3.63. The van der Waals surface area contributed by atoms with Crippen molar-refractivity contribution in [1.82, 2.24) is 4.90 Å². The van der Waals surface area contributed by atoms with Gasteiger partial charge in [-0.05, 0) is 37.1 Å². The first-order valence-corrected chi connectivity index (χ1v) is 7.23. The van der Waals surface area contributed by atoms with Crippen molar-refractivity contribution in [2.24, 2.45) is 5.73 Å². The monoisotopic (exact) mass is 324 g/mol. The number of hydrogen-bond donors (Lipinski definition) is 1. The van der Waals surface area contributed by atoms with Crippen LogP contribution in [0, 0.1) is 0 Å². The Kier molecular flexibility index (Phi) is 5.32. The lowest BCUT2D eigenvalue weighted by atomic mass is 10.0. The summed E-state index contributed by atoms with van der Waals surface area (Å²) in [5.41, 5.74) is 7.45. The summed E-state index contributed by atoms with van der Waals surface area (Å²) in [5, 5.41) is 0. The van der Waals surface area contributed by atoms with Crippen LogP contribution < -0.4 is 15.2 Å². The summed E-state index contributed by atoms with van der Waals surface area (Å²) in [5.74, 6) is 1.59. The molecule has 1 aromatic rings. The minimum Gasteiger partial charge on any atom is -0.497 e. The van der Waals surface area contributed by atoms with Gasteiger partial charge in [-0.2, -0.15) is 0 Å². The molecular weight excluding hydrogens is 304 g/mol. The predicted octanol–water partition coefficient (Wildman–Crippen LogP) is 1.84. The molecule has 2 heterocycles. The largest absolute Gasteiger partial charge is 0.497 e. The van der Waals surface area contributed by atoms with Gasteiger partial charge in [0, 0.05) is 24.7 Å². The van der Waals surface area contributed by atoms with Crippen LogP contribution in [0.15, 0.2) is 23.8 Å². The lowest BCUT2D eigenvalue weighted by Crippen LogP contribution is -2.44. The van der Waals surface area contributed by atoms with E-state index in [2.05, 4.69) is 0 Å². The molecule has 6 heteroatoms. The molecule has 0 bridgehead atoms. The highest BCUT2D eigenvalue weighted by atomic mass is 35.5. The van der Waals surface area contributed by atoms with Gasteiger partial charge < -0.3 is 20.1 Å². The SMILES string of the molecule is COc1ccc2c(c1)C=C(C(=O)N1CCC(N)CC1)CO2.Cl. The standard InChI is InChI=1S/C16H20N2O3.ClH/c1-20-14-2-3-15-11(9-14)8-12(10-21-15)16(19)18-6-4-13(17)5-7-18;/h2-3,8-9,13H,4-7,10,17H2,1H3;1H. The van der Waals surface area contributed by atoms with Crippen LogP contribution in [-0.4, -0.2) is 43.7 Å². The van der Waals surface area contributed by atoms with E-state index in [9.17, 15) is 4.79 Å². The minimum atomic E-state index is 0. The summed E-state index contributed by atoms with van der Waals surface area (Å²) in [7, 11) is 1.62. The Labute approximate surface area is 136 Å². The third-order valence-corrected chi connectivity index (χ3v) is 4.03. The molecule has 22 heavy (non-hydrogen) atoms. The van der Waals surface area contributed by atoms with Gasteiger partial charge in [0.2, 0.25) is 0 Å². The zero-order chi connectivity index (χ0) is 14.8. The fourth-order valence-corrected chi connectivity index (χ4v) is 2.71. The van der Waals surface area contributed by atoms with Crippen molar-refractivity contribution >= 4 is 24.4 Å². The van der Waals surface area contributed by atoms with Crippen LogP contribution in [0.2, 0.25) is 0 Å². The third kappa shape index (κ3) is 3.36. The number of carbonyl (C=O) groups is 1. The van der Waals surface area contributed by atoms with Crippen LogP contribution >= 0.6 is 12.4 Å². The molecular formula is C16H21ClN2O3. The first kappa shape index (κ1) is 16.6. The number of rotatable bonds is 2. The summed E-state index contributed by atoms with van der Waals surface area (Å²) >= 11 is 0. The number of fused-ring (bicyclic) bond motifs is 1. The molecule has 2 aliphatic rings. The van der Waals surface area contributed by atoms with E-state index < -0.39 is 0 Å². The highest BCUT2D eigenvalue weighted by Gasteiger charge is 2.25. The van der Waals surface area contributed by atoms with Gasteiger partial charge >= 0.3 is 0 Å². The van der Waals surface area contributed by atoms with E-state index in [1.165, 1.54) is 0 Å². The number of methoxy groups -OCH3 is 1. The number of amides is 1. The lowest BCUT2D eigenvalue weighted by molar-refractivity contribution is -0.128. The van der Waals surface area contributed by atoms with Crippen molar-refractivity contribution < 1.29 is 14.3 Å². The normalized spacial score (nSPS) is 17.7. The van der Waals surface area contributed by atoms with Gasteiger partial charge in [-0.15, -0.1) is 12.4 Å². The molecule has 0 saturated carbocycles. The Bertz CT molecular complexity index is 581. The van der Waals surface area contributed by atoms with Crippen molar-refractivity contribution in [3.05, 3.63) is 29.3 Å². The quantitative estimate of drug-likeness (QED) is 0.901. The van der Waals surface area contributed by atoms with E-state index in [4.69, 9.17) is 15.2 Å².